The number of allylic oxidation sites excluding steroid dienone is 1. The average molecular weight is 272 g/mol. The summed E-state index contributed by atoms with van der Waals surface area (Å²) in [6.07, 6.45) is 5.36. The third-order valence-electron chi connectivity index (χ3n) is 2.78. The summed E-state index contributed by atoms with van der Waals surface area (Å²) >= 11 is 0. The molecule has 3 nitrogen and oxygen atoms in total. The topological polar surface area (TPSA) is 34.1 Å². The van der Waals surface area contributed by atoms with Crippen LogP contribution < -0.4 is 10.1 Å². The first-order valence-corrected chi connectivity index (χ1v) is 6.43. The maximum absolute atomic E-state index is 14.2. The smallest absolute Gasteiger partial charge is 0.256 e. The van der Waals surface area contributed by atoms with E-state index in [0.29, 0.717) is 17.9 Å². The fraction of sp³-hybridized carbons (Fsp3) is 0.188. The molecule has 2 rings (SSSR count). The molecule has 1 aromatic carbocycles. The lowest BCUT2D eigenvalue weighted by atomic mass is 10.2. The van der Waals surface area contributed by atoms with Crippen LogP contribution in [0.25, 0.3) is 6.08 Å². The number of hydrogen-bond donors (Lipinski definition) is 1. The molecule has 0 saturated carbocycles. The van der Waals surface area contributed by atoms with Gasteiger partial charge in [-0.1, -0.05) is 30.4 Å². The van der Waals surface area contributed by atoms with E-state index in [1.807, 2.05) is 37.3 Å². The van der Waals surface area contributed by atoms with Crippen molar-refractivity contribution in [3.63, 3.8) is 0 Å². The molecular weight excluding hydrogens is 255 g/mol. The van der Waals surface area contributed by atoms with E-state index < -0.39 is 5.82 Å². The van der Waals surface area contributed by atoms with Gasteiger partial charge in [-0.25, -0.2) is 9.37 Å². The Morgan fingerprint density at radius 2 is 2.10 bits per heavy atom. The van der Waals surface area contributed by atoms with E-state index >= 15 is 0 Å². The van der Waals surface area contributed by atoms with Gasteiger partial charge in [-0.3, -0.25) is 0 Å². The van der Waals surface area contributed by atoms with Crippen molar-refractivity contribution in [1.82, 2.24) is 10.3 Å². The minimum Gasteiger partial charge on any atom is -0.436 e. The maximum Gasteiger partial charge on any atom is 0.256 e. The van der Waals surface area contributed by atoms with E-state index in [1.165, 1.54) is 0 Å². The second kappa shape index (κ2) is 6.82. The van der Waals surface area contributed by atoms with Gasteiger partial charge in [0.2, 0.25) is 0 Å². The monoisotopic (exact) mass is 272 g/mol. The highest BCUT2D eigenvalue weighted by Crippen LogP contribution is 2.27. The van der Waals surface area contributed by atoms with E-state index in [2.05, 4.69) is 10.3 Å². The molecule has 0 aliphatic rings. The Hall–Kier alpha value is -2.20. The standard InChI is InChI=1S/C16H17FN2O/c1-3-6-12-7-4-5-8-14(12)20-16-15(17)13(11-18-2)9-10-19-16/h3-10,18H,11H2,1-2H3/b6-3+. The number of pyridine rings is 1. The molecule has 20 heavy (non-hydrogen) atoms. The van der Waals surface area contributed by atoms with Gasteiger partial charge in [0.15, 0.2) is 5.82 Å². The Kier molecular flexibility index (Phi) is 4.85. The summed E-state index contributed by atoms with van der Waals surface area (Å²) in [4.78, 5) is 3.97. The molecule has 0 atom stereocenters. The van der Waals surface area contributed by atoms with Crippen molar-refractivity contribution >= 4 is 6.08 Å². The maximum atomic E-state index is 14.2. The van der Waals surface area contributed by atoms with Gasteiger partial charge < -0.3 is 10.1 Å². The van der Waals surface area contributed by atoms with Crippen LogP contribution in [0.15, 0.2) is 42.6 Å². The van der Waals surface area contributed by atoms with Crippen molar-refractivity contribution < 1.29 is 9.13 Å². The largest absolute Gasteiger partial charge is 0.436 e. The Morgan fingerprint density at radius 1 is 1.30 bits per heavy atom. The first-order chi connectivity index (χ1) is 9.76. The van der Waals surface area contributed by atoms with Crippen LogP contribution >= 0.6 is 0 Å². The summed E-state index contributed by atoms with van der Waals surface area (Å²) in [5.74, 6) is 0.144. The Labute approximate surface area is 118 Å². The van der Waals surface area contributed by atoms with E-state index in [9.17, 15) is 4.39 Å². The molecule has 1 aromatic heterocycles. The fourth-order valence-corrected chi connectivity index (χ4v) is 1.86. The minimum absolute atomic E-state index is 0.00490. The molecule has 0 unspecified atom stereocenters. The quantitative estimate of drug-likeness (QED) is 0.899. The number of para-hydroxylation sites is 1. The van der Waals surface area contributed by atoms with Gasteiger partial charge in [-0.15, -0.1) is 0 Å². The predicted octanol–water partition coefficient (Wildman–Crippen LogP) is 3.77. The predicted molar refractivity (Wildman–Crippen MR) is 78.2 cm³/mol. The third kappa shape index (κ3) is 3.22. The lowest BCUT2D eigenvalue weighted by Crippen LogP contribution is -2.08. The molecule has 0 bridgehead atoms. The van der Waals surface area contributed by atoms with Gasteiger partial charge in [0, 0.05) is 23.9 Å². The number of benzene rings is 1. The van der Waals surface area contributed by atoms with Gasteiger partial charge in [0.1, 0.15) is 5.75 Å². The van der Waals surface area contributed by atoms with Gasteiger partial charge in [-0.2, -0.15) is 0 Å². The van der Waals surface area contributed by atoms with Crippen molar-refractivity contribution in [3.8, 4) is 11.6 Å². The Balaban J connectivity index is 2.33. The number of halogens is 1. The molecule has 0 spiro atoms. The molecule has 0 aliphatic heterocycles. The summed E-state index contributed by atoms with van der Waals surface area (Å²) in [6, 6.07) is 9.09. The van der Waals surface area contributed by atoms with Crippen LogP contribution in [0.1, 0.15) is 18.1 Å². The minimum atomic E-state index is -0.433. The molecular formula is C16H17FN2O. The van der Waals surface area contributed by atoms with Crippen LogP contribution in [0, 0.1) is 5.82 Å². The van der Waals surface area contributed by atoms with Crippen molar-refractivity contribution in [1.29, 1.82) is 0 Å². The first-order valence-electron chi connectivity index (χ1n) is 6.43. The summed E-state index contributed by atoms with van der Waals surface area (Å²) in [5.41, 5.74) is 1.41. The van der Waals surface area contributed by atoms with Crippen LogP contribution in [0.3, 0.4) is 0 Å². The summed E-state index contributed by atoms with van der Waals surface area (Å²) in [7, 11) is 1.77. The molecule has 0 fully saturated rings. The van der Waals surface area contributed by atoms with Gasteiger partial charge in [0.25, 0.3) is 5.88 Å². The lowest BCUT2D eigenvalue weighted by molar-refractivity contribution is 0.417. The number of ether oxygens (including phenoxy) is 1. The molecule has 0 aliphatic carbocycles. The van der Waals surface area contributed by atoms with Crippen LogP contribution in [-0.4, -0.2) is 12.0 Å². The number of hydrogen-bond acceptors (Lipinski definition) is 3. The number of aromatic nitrogens is 1. The van der Waals surface area contributed by atoms with Gasteiger partial charge in [-0.05, 0) is 26.1 Å². The fourth-order valence-electron chi connectivity index (χ4n) is 1.86. The highest BCUT2D eigenvalue weighted by atomic mass is 19.1. The van der Waals surface area contributed by atoms with E-state index in [1.54, 1.807) is 25.4 Å². The van der Waals surface area contributed by atoms with Crippen molar-refractivity contribution in [3.05, 3.63) is 59.5 Å². The number of nitrogens with one attached hydrogen (secondary N) is 1. The summed E-state index contributed by atoms with van der Waals surface area (Å²) < 4.78 is 19.8. The van der Waals surface area contributed by atoms with Crippen LogP contribution in [0.5, 0.6) is 11.6 Å². The Morgan fingerprint density at radius 3 is 2.85 bits per heavy atom. The molecule has 2 aromatic rings. The van der Waals surface area contributed by atoms with Crippen LogP contribution in [0.2, 0.25) is 0 Å². The zero-order valence-electron chi connectivity index (χ0n) is 11.6. The lowest BCUT2D eigenvalue weighted by Gasteiger charge is -2.10. The van der Waals surface area contributed by atoms with E-state index in [4.69, 9.17) is 4.74 Å². The van der Waals surface area contributed by atoms with Gasteiger partial charge >= 0.3 is 0 Å². The van der Waals surface area contributed by atoms with Crippen LogP contribution in [-0.2, 0) is 6.54 Å². The second-order valence-electron chi connectivity index (χ2n) is 4.26. The SMILES string of the molecule is C/C=C/c1ccccc1Oc1nccc(CNC)c1F. The molecule has 0 saturated heterocycles. The number of rotatable bonds is 5. The summed E-state index contributed by atoms with van der Waals surface area (Å²) in [6.45, 7) is 2.35. The van der Waals surface area contributed by atoms with Crippen molar-refractivity contribution in [2.24, 2.45) is 0 Å². The van der Waals surface area contributed by atoms with Gasteiger partial charge in [0.05, 0.1) is 0 Å². The number of nitrogens with zero attached hydrogens (tertiary/aromatic N) is 1. The first kappa shape index (κ1) is 14.2. The molecule has 0 amide bonds. The van der Waals surface area contributed by atoms with E-state index in [-0.39, 0.29) is 5.88 Å². The van der Waals surface area contributed by atoms with E-state index in [0.717, 1.165) is 5.56 Å². The normalized spacial score (nSPS) is 10.9. The highest BCUT2D eigenvalue weighted by Gasteiger charge is 2.12. The molecule has 104 valence electrons. The van der Waals surface area contributed by atoms with Crippen molar-refractivity contribution in [2.45, 2.75) is 13.5 Å². The van der Waals surface area contributed by atoms with Crippen LogP contribution in [0.4, 0.5) is 4.39 Å². The zero-order chi connectivity index (χ0) is 14.4. The average Bonchev–Trinajstić information content (AvgIpc) is 2.46. The highest BCUT2D eigenvalue weighted by molar-refractivity contribution is 5.57. The second-order valence-corrected chi connectivity index (χ2v) is 4.26. The molecule has 4 heteroatoms. The third-order valence-corrected chi connectivity index (χ3v) is 2.78. The zero-order valence-corrected chi connectivity index (χ0v) is 11.6. The molecule has 0 radical (unpaired) electrons. The Bertz CT molecular complexity index is 611. The molecule has 1 N–H and O–H groups in total. The molecule has 1 heterocycles. The summed E-state index contributed by atoms with van der Waals surface area (Å²) in [5, 5.41) is 2.91. The van der Waals surface area contributed by atoms with Crippen molar-refractivity contribution in [2.75, 3.05) is 7.05 Å².